The van der Waals surface area contributed by atoms with E-state index in [1.807, 2.05) is 18.2 Å². The molecule has 0 radical (unpaired) electrons. The highest BCUT2D eigenvalue weighted by atomic mass is 35.5. The van der Waals surface area contributed by atoms with Crippen LogP contribution in [-0.2, 0) is 12.3 Å². The maximum atomic E-state index is 6.26. The molecule has 0 aliphatic carbocycles. The number of hydrogen-bond acceptors (Lipinski definition) is 4. The molecular weight excluding hydrogens is 370 g/mol. The minimum atomic E-state index is 0.780. The standard InChI is InChI=1S/C19H16ClN3S2/c1-2-23-18(15-12-24-17-10-6-4-8-14(15)17)21-22-19(23)25-11-13-7-3-5-9-16(13)20/h3-10,12H,2,11H2,1H3. The van der Waals surface area contributed by atoms with E-state index in [4.69, 9.17) is 11.6 Å². The van der Waals surface area contributed by atoms with Crippen molar-refractivity contribution in [2.45, 2.75) is 24.4 Å². The molecule has 2 aromatic carbocycles. The summed E-state index contributed by atoms with van der Waals surface area (Å²) in [6.45, 7) is 2.96. The fourth-order valence-electron chi connectivity index (χ4n) is 2.79. The molecule has 0 N–H and O–H groups in total. The van der Waals surface area contributed by atoms with Crippen LogP contribution in [-0.4, -0.2) is 14.8 Å². The third-order valence-corrected chi connectivity index (χ3v) is 6.42. The van der Waals surface area contributed by atoms with Gasteiger partial charge in [0.15, 0.2) is 11.0 Å². The number of hydrogen-bond donors (Lipinski definition) is 0. The lowest BCUT2D eigenvalue weighted by Gasteiger charge is -2.07. The van der Waals surface area contributed by atoms with Gasteiger partial charge in [-0.15, -0.1) is 21.5 Å². The molecule has 4 rings (SSSR count). The van der Waals surface area contributed by atoms with Gasteiger partial charge >= 0.3 is 0 Å². The first-order valence-electron chi connectivity index (χ1n) is 8.04. The maximum absolute atomic E-state index is 6.26. The second-order valence-electron chi connectivity index (χ2n) is 5.58. The van der Waals surface area contributed by atoms with Gasteiger partial charge in [-0.05, 0) is 24.6 Å². The number of thiophene rings is 1. The van der Waals surface area contributed by atoms with E-state index in [0.29, 0.717) is 0 Å². The first-order valence-corrected chi connectivity index (χ1v) is 10.3. The topological polar surface area (TPSA) is 30.7 Å². The highest BCUT2D eigenvalue weighted by molar-refractivity contribution is 7.98. The van der Waals surface area contributed by atoms with Crippen LogP contribution in [0.25, 0.3) is 21.5 Å². The van der Waals surface area contributed by atoms with Crippen LogP contribution in [0.4, 0.5) is 0 Å². The number of nitrogens with zero attached hydrogens (tertiary/aromatic N) is 3. The summed E-state index contributed by atoms with van der Waals surface area (Å²) in [5.41, 5.74) is 2.27. The molecule has 2 aromatic heterocycles. The van der Waals surface area contributed by atoms with Crippen molar-refractivity contribution >= 4 is 44.8 Å². The third kappa shape index (κ3) is 3.19. The Labute approximate surface area is 159 Å². The van der Waals surface area contributed by atoms with E-state index in [-0.39, 0.29) is 0 Å². The van der Waals surface area contributed by atoms with Crippen molar-refractivity contribution in [1.82, 2.24) is 14.8 Å². The highest BCUT2D eigenvalue weighted by Crippen LogP contribution is 2.35. The van der Waals surface area contributed by atoms with Gasteiger partial charge < -0.3 is 4.57 Å². The number of benzene rings is 2. The lowest BCUT2D eigenvalue weighted by Crippen LogP contribution is -1.99. The van der Waals surface area contributed by atoms with E-state index in [9.17, 15) is 0 Å². The Morgan fingerprint density at radius 2 is 1.88 bits per heavy atom. The molecule has 2 heterocycles. The summed E-state index contributed by atoms with van der Waals surface area (Å²) < 4.78 is 3.45. The summed E-state index contributed by atoms with van der Waals surface area (Å²) in [5, 5.41) is 14.0. The molecule has 6 heteroatoms. The van der Waals surface area contributed by atoms with Gasteiger partial charge in [-0.2, -0.15) is 0 Å². The van der Waals surface area contributed by atoms with E-state index < -0.39 is 0 Å². The number of fused-ring (bicyclic) bond motifs is 1. The van der Waals surface area contributed by atoms with E-state index >= 15 is 0 Å². The van der Waals surface area contributed by atoms with Crippen LogP contribution < -0.4 is 0 Å². The zero-order valence-corrected chi connectivity index (χ0v) is 16.0. The zero-order valence-electron chi connectivity index (χ0n) is 13.6. The Kier molecular flexibility index (Phi) is 4.79. The summed E-state index contributed by atoms with van der Waals surface area (Å²) in [7, 11) is 0. The van der Waals surface area contributed by atoms with Gasteiger partial charge in [0.05, 0.1) is 0 Å². The smallest absolute Gasteiger partial charge is 0.191 e. The molecule has 0 bridgehead atoms. The van der Waals surface area contributed by atoms with E-state index in [1.165, 1.54) is 10.1 Å². The first kappa shape index (κ1) is 16.6. The van der Waals surface area contributed by atoms with Gasteiger partial charge in [0.25, 0.3) is 0 Å². The Morgan fingerprint density at radius 3 is 2.72 bits per heavy atom. The van der Waals surface area contributed by atoms with Gasteiger partial charge in [-0.3, -0.25) is 0 Å². The number of thioether (sulfide) groups is 1. The maximum Gasteiger partial charge on any atom is 0.191 e. The van der Waals surface area contributed by atoms with E-state index in [0.717, 1.165) is 39.4 Å². The third-order valence-electron chi connectivity index (χ3n) is 4.07. The molecule has 0 spiro atoms. The van der Waals surface area contributed by atoms with E-state index in [1.54, 1.807) is 23.1 Å². The van der Waals surface area contributed by atoms with Gasteiger partial charge in [0, 0.05) is 38.3 Å². The van der Waals surface area contributed by atoms with Crippen LogP contribution in [0.5, 0.6) is 0 Å². The predicted molar refractivity (Wildman–Crippen MR) is 108 cm³/mol. The minimum absolute atomic E-state index is 0.780. The second kappa shape index (κ2) is 7.20. The van der Waals surface area contributed by atoms with E-state index in [2.05, 4.69) is 57.4 Å². The van der Waals surface area contributed by atoms with Crippen LogP contribution in [0, 0.1) is 0 Å². The van der Waals surface area contributed by atoms with Crippen LogP contribution in [0.3, 0.4) is 0 Å². The Hall–Kier alpha value is -1.82. The fraction of sp³-hybridized carbons (Fsp3) is 0.158. The van der Waals surface area contributed by atoms with Gasteiger partial charge in [0.1, 0.15) is 0 Å². The summed E-state index contributed by atoms with van der Waals surface area (Å²) in [6.07, 6.45) is 0. The molecule has 0 aliphatic rings. The molecule has 0 fully saturated rings. The SMILES string of the molecule is CCn1c(SCc2ccccc2Cl)nnc1-c1csc2ccccc12. The molecule has 4 aromatic rings. The predicted octanol–water partition coefficient (Wildman–Crippen LogP) is 6.13. The van der Waals surface area contributed by atoms with Crippen molar-refractivity contribution in [2.75, 3.05) is 0 Å². The minimum Gasteiger partial charge on any atom is -0.302 e. The van der Waals surface area contributed by atoms with Gasteiger partial charge in [-0.1, -0.05) is 59.8 Å². The first-order chi connectivity index (χ1) is 12.3. The summed E-state index contributed by atoms with van der Waals surface area (Å²) in [5.74, 6) is 1.71. The lowest BCUT2D eigenvalue weighted by atomic mass is 10.1. The number of halogens is 1. The second-order valence-corrected chi connectivity index (χ2v) is 7.84. The van der Waals surface area contributed by atoms with Crippen molar-refractivity contribution in [2.24, 2.45) is 0 Å². The fourth-order valence-corrected chi connectivity index (χ4v) is 5.02. The molecule has 0 unspecified atom stereocenters. The summed E-state index contributed by atoms with van der Waals surface area (Å²) in [4.78, 5) is 0. The molecule has 3 nitrogen and oxygen atoms in total. The largest absolute Gasteiger partial charge is 0.302 e. The Bertz CT molecular complexity index is 1020. The van der Waals surface area contributed by atoms with Crippen LogP contribution >= 0.6 is 34.7 Å². The molecular formula is C19H16ClN3S2. The molecule has 0 amide bonds. The molecule has 25 heavy (non-hydrogen) atoms. The summed E-state index contributed by atoms with van der Waals surface area (Å²) in [6, 6.07) is 16.4. The monoisotopic (exact) mass is 385 g/mol. The molecule has 0 saturated heterocycles. The van der Waals surface area contributed by atoms with Crippen LogP contribution in [0.1, 0.15) is 12.5 Å². The molecule has 0 atom stereocenters. The molecule has 0 saturated carbocycles. The quantitative estimate of drug-likeness (QED) is 0.387. The zero-order chi connectivity index (χ0) is 17.2. The molecule has 126 valence electrons. The van der Waals surface area contributed by atoms with Crippen molar-refractivity contribution in [3.05, 3.63) is 64.5 Å². The van der Waals surface area contributed by atoms with Gasteiger partial charge in [-0.25, -0.2) is 0 Å². The lowest BCUT2D eigenvalue weighted by molar-refractivity contribution is 0.687. The Morgan fingerprint density at radius 1 is 1.08 bits per heavy atom. The number of aromatic nitrogens is 3. The van der Waals surface area contributed by atoms with Gasteiger partial charge in [0.2, 0.25) is 0 Å². The average molecular weight is 386 g/mol. The van der Waals surface area contributed by atoms with Crippen molar-refractivity contribution in [3.63, 3.8) is 0 Å². The highest BCUT2D eigenvalue weighted by Gasteiger charge is 2.16. The summed E-state index contributed by atoms with van der Waals surface area (Å²) >= 11 is 9.68. The van der Waals surface area contributed by atoms with Crippen molar-refractivity contribution in [3.8, 4) is 11.4 Å². The molecule has 0 aliphatic heterocycles. The van der Waals surface area contributed by atoms with Crippen molar-refractivity contribution in [1.29, 1.82) is 0 Å². The number of rotatable bonds is 5. The normalized spacial score (nSPS) is 11.3. The Balaban J connectivity index is 1.66. The van der Waals surface area contributed by atoms with Crippen LogP contribution in [0.2, 0.25) is 5.02 Å². The van der Waals surface area contributed by atoms with Crippen LogP contribution in [0.15, 0.2) is 59.1 Å². The average Bonchev–Trinajstić information content (AvgIpc) is 3.24. The van der Waals surface area contributed by atoms with Crippen molar-refractivity contribution < 1.29 is 0 Å².